The number of halogens is 1. The summed E-state index contributed by atoms with van der Waals surface area (Å²) in [6, 6.07) is 0. The van der Waals surface area contributed by atoms with Gasteiger partial charge in [0.1, 0.15) is 5.78 Å². The lowest BCUT2D eigenvalue weighted by Gasteiger charge is -2.46. The van der Waals surface area contributed by atoms with Gasteiger partial charge in [0.2, 0.25) is 0 Å². The van der Waals surface area contributed by atoms with Crippen LogP contribution in [0.15, 0.2) is 22.1 Å². The van der Waals surface area contributed by atoms with Gasteiger partial charge in [-0.2, -0.15) is 0 Å². The van der Waals surface area contributed by atoms with Crippen LogP contribution in [-0.2, 0) is 22.9 Å². The Labute approximate surface area is 355 Å². The number of hydrogen-bond acceptors (Lipinski definition) is 7. The van der Waals surface area contributed by atoms with E-state index in [4.69, 9.17) is 24.9 Å². The molecule has 0 aliphatic heterocycles. The van der Waals surface area contributed by atoms with Gasteiger partial charge in [0.25, 0.3) is 0 Å². The molecule has 12 heteroatoms. The number of Topliss-reactive ketones (excluding diaryl/α,β-unsaturated/α-hetero) is 1. The Morgan fingerprint density at radius 1 is 0.857 bits per heavy atom. The Bertz CT molecular complexity index is 1510. The second kappa shape index (κ2) is 20.1. The van der Waals surface area contributed by atoms with Gasteiger partial charge in [-0.3, -0.25) is 9.59 Å². The van der Waals surface area contributed by atoms with Gasteiger partial charge in [-0.25, -0.2) is 4.98 Å². The number of carboxylic acids is 1. The molecule has 0 amide bonds. The smallest absolute Gasteiger partial charge is 0.305 e. The van der Waals surface area contributed by atoms with Gasteiger partial charge in [0.05, 0.1) is 35.4 Å². The maximum atomic E-state index is 14.7. The number of rotatable bonds is 21. The molecule has 56 heavy (non-hydrogen) atoms. The minimum Gasteiger partial charge on any atom is -0.481 e. The molecule has 5 atom stereocenters. The molecular formula is C44H82ClNO6SSi3. The third-order valence-corrected chi connectivity index (χ3v) is 27.7. The molecule has 1 aromatic heterocycles. The fourth-order valence-corrected chi connectivity index (χ4v) is 11.1. The number of thiazole rings is 1. The molecule has 0 spiro atoms. The van der Waals surface area contributed by atoms with Crippen LogP contribution < -0.4 is 0 Å². The van der Waals surface area contributed by atoms with Crippen LogP contribution in [0, 0.1) is 24.2 Å². The van der Waals surface area contributed by atoms with Gasteiger partial charge < -0.3 is 18.4 Å². The van der Waals surface area contributed by atoms with Gasteiger partial charge in [-0.15, -0.1) is 11.3 Å². The average molecular weight is 873 g/mol. The molecule has 0 radical (unpaired) electrons. The zero-order valence-electron chi connectivity index (χ0n) is 39.4. The summed E-state index contributed by atoms with van der Waals surface area (Å²) in [5.74, 6) is -1.31. The lowest BCUT2D eigenvalue weighted by atomic mass is 9.73. The number of ketones is 1. The molecule has 0 aliphatic carbocycles. The topological polar surface area (TPSA) is 95.0 Å². The van der Waals surface area contributed by atoms with Crippen LogP contribution in [0.1, 0.15) is 140 Å². The van der Waals surface area contributed by atoms with E-state index in [0.29, 0.717) is 11.5 Å². The summed E-state index contributed by atoms with van der Waals surface area (Å²) in [4.78, 5) is 31.5. The third-order valence-electron chi connectivity index (χ3n) is 13.1. The first-order valence-corrected chi connectivity index (χ1v) is 30.7. The maximum Gasteiger partial charge on any atom is 0.305 e. The van der Waals surface area contributed by atoms with E-state index in [-0.39, 0.29) is 45.4 Å². The van der Waals surface area contributed by atoms with Gasteiger partial charge in [-0.1, -0.05) is 113 Å². The highest BCUT2D eigenvalue weighted by Crippen LogP contribution is 2.44. The van der Waals surface area contributed by atoms with E-state index in [1.54, 1.807) is 11.3 Å². The van der Waals surface area contributed by atoms with E-state index in [1.807, 2.05) is 39.2 Å². The quantitative estimate of drug-likeness (QED) is 0.0971. The maximum absolute atomic E-state index is 14.7. The molecule has 1 heterocycles. The molecule has 0 bridgehead atoms. The van der Waals surface area contributed by atoms with Crippen LogP contribution in [0.25, 0.3) is 6.08 Å². The van der Waals surface area contributed by atoms with E-state index in [0.717, 1.165) is 30.0 Å². The highest BCUT2D eigenvalue weighted by Gasteiger charge is 2.50. The first-order chi connectivity index (χ1) is 25.0. The van der Waals surface area contributed by atoms with Crippen molar-refractivity contribution in [2.75, 3.05) is 0 Å². The molecule has 1 rings (SSSR count). The zero-order valence-corrected chi connectivity index (χ0v) is 43.9. The Morgan fingerprint density at radius 3 is 1.79 bits per heavy atom. The second-order valence-corrected chi connectivity index (χ2v) is 37.3. The highest BCUT2D eigenvalue weighted by atomic mass is 35.5. The largest absolute Gasteiger partial charge is 0.481 e. The van der Waals surface area contributed by atoms with E-state index < -0.39 is 48.4 Å². The number of aryl methyl sites for hydroxylation is 1. The van der Waals surface area contributed by atoms with Crippen LogP contribution >= 0.6 is 22.9 Å². The SMILES string of the molecule is CC(=CC[C@H](O[Si](C)(C)C(C)(C)C)C(Cl)=Cc1csc(C)n1)CCC[C@H](C)[C@H](O[Si](C)(C)C(C)(C)C)[C@@H](C)C(=O)C(C)(C)[C@H](CC(=O)O)O[Si](C)(C)C(C)(C)C. The summed E-state index contributed by atoms with van der Waals surface area (Å²) in [5.41, 5.74) is 1.11. The van der Waals surface area contributed by atoms with Crippen LogP contribution in [0.3, 0.4) is 0 Å². The molecule has 0 saturated carbocycles. The van der Waals surface area contributed by atoms with Gasteiger partial charge in [-0.05, 0) is 106 Å². The van der Waals surface area contributed by atoms with Crippen LogP contribution in [0.4, 0.5) is 0 Å². The first kappa shape index (κ1) is 53.1. The van der Waals surface area contributed by atoms with Gasteiger partial charge >= 0.3 is 5.97 Å². The summed E-state index contributed by atoms with van der Waals surface area (Å²) in [5, 5.41) is 13.5. The van der Waals surface area contributed by atoms with E-state index in [1.165, 1.54) is 5.57 Å². The molecule has 0 aromatic carbocycles. The van der Waals surface area contributed by atoms with E-state index >= 15 is 0 Å². The fourth-order valence-electron chi connectivity index (χ4n) is 5.97. The normalized spacial score (nSPS) is 17.4. The third kappa shape index (κ3) is 15.3. The van der Waals surface area contributed by atoms with Gasteiger partial charge in [0, 0.05) is 21.7 Å². The molecule has 1 N–H and O–H groups in total. The van der Waals surface area contributed by atoms with Crippen molar-refractivity contribution in [1.29, 1.82) is 0 Å². The summed E-state index contributed by atoms with van der Waals surface area (Å²) in [6.45, 7) is 45.2. The first-order valence-electron chi connectivity index (χ1n) is 20.7. The van der Waals surface area contributed by atoms with Crippen molar-refractivity contribution in [3.05, 3.63) is 32.8 Å². The number of allylic oxidation sites excluding steroid dienone is 1. The number of carboxylic acid groups (broad SMARTS) is 1. The van der Waals surface area contributed by atoms with Crippen molar-refractivity contribution in [1.82, 2.24) is 4.98 Å². The summed E-state index contributed by atoms with van der Waals surface area (Å²) < 4.78 is 20.8. The molecule has 1 aromatic rings. The minimum atomic E-state index is -2.39. The summed E-state index contributed by atoms with van der Waals surface area (Å²) in [7, 11) is -6.79. The van der Waals surface area contributed by atoms with Crippen LogP contribution in [-0.4, -0.2) is 65.1 Å². The molecular weight excluding hydrogens is 790 g/mol. The monoisotopic (exact) mass is 871 g/mol. The summed E-state index contributed by atoms with van der Waals surface area (Å²) in [6.07, 6.45) is 6.10. The fraction of sp³-hybridized carbons (Fsp3) is 0.795. The predicted octanol–water partition coefficient (Wildman–Crippen LogP) is 14.1. The lowest BCUT2D eigenvalue weighted by Crippen LogP contribution is -2.54. The molecule has 0 unspecified atom stereocenters. The summed E-state index contributed by atoms with van der Waals surface area (Å²) >= 11 is 8.61. The number of carbonyl (C=O) groups excluding carboxylic acids is 1. The highest BCUT2D eigenvalue weighted by molar-refractivity contribution is 7.09. The van der Waals surface area contributed by atoms with Crippen molar-refractivity contribution >= 4 is 65.7 Å². The minimum absolute atomic E-state index is 0.000358. The van der Waals surface area contributed by atoms with Crippen LogP contribution in [0.5, 0.6) is 0 Å². The molecule has 324 valence electrons. The number of nitrogens with zero attached hydrogens (tertiary/aromatic N) is 1. The number of aliphatic carboxylic acids is 1. The molecule has 0 aliphatic rings. The molecule has 0 saturated heterocycles. The number of hydrogen-bond donors (Lipinski definition) is 1. The van der Waals surface area contributed by atoms with E-state index in [9.17, 15) is 14.7 Å². The van der Waals surface area contributed by atoms with Gasteiger partial charge in [0.15, 0.2) is 25.0 Å². The van der Waals surface area contributed by atoms with Crippen molar-refractivity contribution < 1.29 is 28.0 Å². The standard InChI is InChI=1S/C44H82ClNO6SSi3/c1-30(25-26-36(50-54(16,17)41(5,6)7)35(45)27-34-29-53-33(4)46-34)23-22-24-31(2)39(52-56(20,21)43(11,12)13)32(3)40(49)44(14,15)37(28-38(47)48)51-55(18,19)42(8,9)10/h25,27,29,31-32,36-37,39H,22-24,26,28H2,1-21H3,(H,47,48)/t31-,32+,36-,37-,39-/m0/s1. The lowest BCUT2D eigenvalue weighted by molar-refractivity contribution is -0.146. The average Bonchev–Trinajstić information content (AvgIpc) is 3.42. The Hall–Kier alpha value is -0.929. The van der Waals surface area contributed by atoms with Crippen molar-refractivity contribution in [3.63, 3.8) is 0 Å². The zero-order chi connectivity index (χ0) is 44.0. The molecule has 7 nitrogen and oxygen atoms in total. The van der Waals surface area contributed by atoms with E-state index in [2.05, 4.69) is 127 Å². The van der Waals surface area contributed by atoms with Crippen molar-refractivity contribution in [2.45, 2.75) is 209 Å². The predicted molar refractivity (Wildman–Crippen MR) is 248 cm³/mol. The number of aromatic nitrogens is 1. The van der Waals surface area contributed by atoms with Crippen molar-refractivity contribution in [2.24, 2.45) is 17.3 Å². The van der Waals surface area contributed by atoms with Crippen molar-refractivity contribution in [3.8, 4) is 0 Å². The second-order valence-electron chi connectivity index (χ2n) is 21.5. The molecule has 0 fully saturated rings. The Balaban J connectivity index is 3.37. The Kier molecular flexibility index (Phi) is 19.0. The Morgan fingerprint density at radius 2 is 1.34 bits per heavy atom. The van der Waals surface area contributed by atoms with Crippen LogP contribution in [0.2, 0.25) is 54.4 Å². The number of carbonyl (C=O) groups is 2.